The van der Waals surface area contributed by atoms with Crippen molar-refractivity contribution in [2.24, 2.45) is 11.3 Å². The first kappa shape index (κ1) is 6.20. The Hall–Kier alpha value is -0.530. The molecule has 3 rings (SSSR count). The van der Waals surface area contributed by atoms with Crippen LogP contribution in [0.5, 0.6) is 0 Å². The third-order valence-corrected chi connectivity index (χ3v) is 3.01. The topological polar surface area (TPSA) is 26.3 Å². The van der Waals surface area contributed by atoms with Crippen molar-refractivity contribution in [3.8, 4) is 0 Å². The molecular formula is C8H12O2. The monoisotopic (exact) mass is 140 g/mol. The Balaban J connectivity index is 2.10. The fourth-order valence-corrected chi connectivity index (χ4v) is 2.42. The van der Waals surface area contributed by atoms with Crippen molar-refractivity contribution >= 4 is 5.97 Å². The average molecular weight is 140 g/mol. The Morgan fingerprint density at radius 3 is 2.70 bits per heavy atom. The lowest BCUT2D eigenvalue weighted by atomic mass is 9.70. The van der Waals surface area contributed by atoms with Gasteiger partial charge in [-0.05, 0) is 31.6 Å². The van der Waals surface area contributed by atoms with E-state index in [1.165, 1.54) is 13.5 Å². The van der Waals surface area contributed by atoms with Crippen LogP contribution in [0.2, 0.25) is 0 Å². The Morgan fingerprint density at radius 1 is 1.60 bits per heavy atom. The number of esters is 1. The highest BCUT2D eigenvalue weighted by Gasteiger charge is 2.56. The minimum Gasteiger partial charge on any atom is -0.469 e. The largest absolute Gasteiger partial charge is 0.469 e. The van der Waals surface area contributed by atoms with E-state index in [-0.39, 0.29) is 11.4 Å². The van der Waals surface area contributed by atoms with Gasteiger partial charge >= 0.3 is 5.97 Å². The second kappa shape index (κ2) is 1.74. The molecule has 10 heavy (non-hydrogen) atoms. The molecule has 0 unspecified atom stereocenters. The minimum absolute atomic E-state index is 0.0145. The van der Waals surface area contributed by atoms with Gasteiger partial charge in [-0.1, -0.05) is 0 Å². The number of carbonyl (C=O) groups is 1. The van der Waals surface area contributed by atoms with Gasteiger partial charge in [-0.3, -0.25) is 4.79 Å². The van der Waals surface area contributed by atoms with Gasteiger partial charge in [0.15, 0.2) is 0 Å². The molecule has 3 aliphatic carbocycles. The third-order valence-electron chi connectivity index (χ3n) is 3.01. The zero-order valence-corrected chi connectivity index (χ0v) is 6.22. The Labute approximate surface area is 60.6 Å². The van der Waals surface area contributed by atoms with Crippen LogP contribution in [0.25, 0.3) is 0 Å². The van der Waals surface area contributed by atoms with E-state index in [1.807, 2.05) is 0 Å². The number of ether oxygens (including phenoxy) is 1. The van der Waals surface area contributed by atoms with Gasteiger partial charge in [-0.2, -0.15) is 0 Å². The van der Waals surface area contributed by atoms with Crippen LogP contribution in [0.3, 0.4) is 0 Å². The van der Waals surface area contributed by atoms with Crippen LogP contribution in [-0.2, 0) is 9.53 Å². The number of rotatable bonds is 1. The van der Waals surface area contributed by atoms with Crippen molar-refractivity contribution in [1.29, 1.82) is 0 Å². The van der Waals surface area contributed by atoms with E-state index in [1.54, 1.807) is 0 Å². The summed E-state index contributed by atoms with van der Waals surface area (Å²) >= 11 is 0. The zero-order chi connectivity index (χ0) is 7.19. The standard InChI is InChI=1S/C8H12O2/c1-10-7(9)8-3-2-6(4-8)5-8/h6H,2-5H2,1H3. The Kier molecular flexibility index (Phi) is 1.08. The molecule has 0 N–H and O–H groups in total. The SMILES string of the molecule is COC(=O)C12CCC(C1)C2. The van der Waals surface area contributed by atoms with E-state index >= 15 is 0 Å². The van der Waals surface area contributed by atoms with E-state index < -0.39 is 0 Å². The van der Waals surface area contributed by atoms with Crippen molar-refractivity contribution in [3.63, 3.8) is 0 Å². The molecular weight excluding hydrogens is 128 g/mol. The van der Waals surface area contributed by atoms with Crippen LogP contribution in [-0.4, -0.2) is 13.1 Å². The predicted molar refractivity (Wildman–Crippen MR) is 36.4 cm³/mol. The molecule has 0 radical (unpaired) electrons. The molecule has 0 spiro atoms. The quantitative estimate of drug-likeness (QED) is 0.514. The minimum atomic E-state index is -0.0145. The molecule has 0 aromatic rings. The summed E-state index contributed by atoms with van der Waals surface area (Å²) in [6.45, 7) is 0. The van der Waals surface area contributed by atoms with Crippen molar-refractivity contribution in [2.75, 3.05) is 7.11 Å². The number of hydrogen-bond donors (Lipinski definition) is 0. The Bertz CT molecular complexity index is 163. The van der Waals surface area contributed by atoms with E-state index in [0.29, 0.717) is 0 Å². The Morgan fingerprint density at radius 2 is 2.30 bits per heavy atom. The summed E-state index contributed by atoms with van der Waals surface area (Å²) < 4.78 is 4.74. The van der Waals surface area contributed by atoms with Crippen LogP contribution in [0.1, 0.15) is 25.7 Å². The van der Waals surface area contributed by atoms with Crippen LogP contribution in [0.15, 0.2) is 0 Å². The van der Waals surface area contributed by atoms with Crippen LogP contribution in [0.4, 0.5) is 0 Å². The van der Waals surface area contributed by atoms with E-state index in [4.69, 9.17) is 4.74 Å². The lowest BCUT2D eigenvalue weighted by Gasteiger charge is -2.35. The molecule has 0 aliphatic heterocycles. The predicted octanol–water partition coefficient (Wildman–Crippen LogP) is 1.35. The van der Waals surface area contributed by atoms with Gasteiger partial charge < -0.3 is 4.74 Å². The van der Waals surface area contributed by atoms with Gasteiger partial charge in [0.1, 0.15) is 0 Å². The summed E-state index contributed by atoms with van der Waals surface area (Å²) in [6.07, 6.45) is 4.51. The second-order valence-corrected chi connectivity index (χ2v) is 3.58. The first-order valence-electron chi connectivity index (χ1n) is 3.85. The zero-order valence-electron chi connectivity index (χ0n) is 6.22. The molecule has 3 saturated carbocycles. The number of carbonyl (C=O) groups excluding carboxylic acids is 1. The van der Waals surface area contributed by atoms with Crippen LogP contribution >= 0.6 is 0 Å². The van der Waals surface area contributed by atoms with E-state index in [0.717, 1.165) is 25.2 Å². The molecule has 2 nitrogen and oxygen atoms in total. The summed E-state index contributed by atoms with van der Waals surface area (Å²) in [4.78, 5) is 11.2. The molecule has 56 valence electrons. The van der Waals surface area contributed by atoms with Gasteiger partial charge in [-0.15, -0.1) is 0 Å². The number of hydrogen-bond acceptors (Lipinski definition) is 2. The molecule has 2 bridgehead atoms. The molecule has 0 saturated heterocycles. The van der Waals surface area contributed by atoms with Crippen molar-refractivity contribution in [3.05, 3.63) is 0 Å². The van der Waals surface area contributed by atoms with Gasteiger partial charge in [0.2, 0.25) is 0 Å². The van der Waals surface area contributed by atoms with Crippen LogP contribution in [0, 0.1) is 11.3 Å². The molecule has 0 amide bonds. The molecule has 0 aromatic carbocycles. The van der Waals surface area contributed by atoms with Gasteiger partial charge in [0.25, 0.3) is 0 Å². The molecule has 0 atom stereocenters. The lowest BCUT2D eigenvalue weighted by molar-refractivity contribution is -0.157. The lowest BCUT2D eigenvalue weighted by Crippen LogP contribution is -2.36. The third kappa shape index (κ3) is 0.568. The van der Waals surface area contributed by atoms with Gasteiger partial charge in [0.05, 0.1) is 12.5 Å². The fourth-order valence-electron chi connectivity index (χ4n) is 2.42. The summed E-state index contributed by atoms with van der Waals surface area (Å²) in [7, 11) is 1.49. The molecule has 0 aromatic heterocycles. The highest BCUT2D eigenvalue weighted by molar-refractivity contribution is 5.78. The smallest absolute Gasteiger partial charge is 0.311 e. The normalized spacial score (nSPS) is 42.7. The van der Waals surface area contributed by atoms with Crippen molar-refractivity contribution in [2.45, 2.75) is 25.7 Å². The average Bonchev–Trinajstić information content (AvgIpc) is 2.41. The molecule has 3 aliphatic rings. The summed E-state index contributed by atoms with van der Waals surface area (Å²) in [5.74, 6) is 0.875. The van der Waals surface area contributed by atoms with E-state index in [2.05, 4.69) is 0 Å². The number of fused-ring (bicyclic) bond motifs is 1. The molecule has 0 heterocycles. The maximum Gasteiger partial charge on any atom is 0.311 e. The maximum atomic E-state index is 11.2. The summed E-state index contributed by atoms with van der Waals surface area (Å²) in [6, 6.07) is 0. The summed E-state index contributed by atoms with van der Waals surface area (Å²) in [5.41, 5.74) is -0.0145. The first-order valence-corrected chi connectivity index (χ1v) is 3.85. The first-order chi connectivity index (χ1) is 4.77. The second-order valence-electron chi connectivity index (χ2n) is 3.58. The number of methoxy groups -OCH3 is 1. The van der Waals surface area contributed by atoms with Crippen LogP contribution < -0.4 is 0 Å². The van der Waals surface area contributed by atoms with Crippen molar-refractivity contribution < 1.29 is 9.53 Å². The molecule has 3 fully saturated rings. The van der Waals surface area contributed by atoms with E-state index in [9.17, 15) is 4.79 Å². The highest BCUT2D eigenvalue weighted by Crippen LogP contribution is 2.59. The molecule has 2 heteroatoms. The fraction of sp³-hybridized carbons (Fsp3) is 0.875. The maximum absolute atomic E-state index is 11.2. The summed E-state index contributed by atoms with van der Waals surface area (Å²) in [5, 5.41) is 0. The highest BCUT2D eigenvalue weighted by atomic mass is 16.5. The van der Waals surface area contributed by atoms with Gasteiger partial charge in [-0.25, -0.2) is 0 Å². The van der Waals surface area contributed by atoms with Crippen molar-refractivity contribution in [1.82, 2.24) is 0 Å². The van der Waals surface area contributed by atoms with Gasteiger partial charge in [0, 0.05) is 0 Å².